The average Bonchev–Trinajstić information content (AvgIpc) is 2.96. The molecule has 1 amide bonds. The molecule has 2 atom stereocenters. The van der Waals surface area contributed by atoms with Gasteiger partial charge in [-0.2, -0.15) is 0 Å². The first-order valence-corrected chi connectivity index (χ1v) is 7.91. The second kappa shape index (κ2) is 6.13. The lowest BCUT2D eigenvalue weighted by molar-refractivity contribution is -0.141. The quantitative estimate of drug-likeness (QED) is 0.864. The van der Waals surface area contributed by atoms with Crippen LogP contribution in [0.3, 0.4) is 0 Å². The van der Waals surface area contributed by atoms with E-state index in [1.165, 1.54) is 18.4 Å². The van der Waals surface area contributed by atoms with Crippen LogP contribution in [0.15, 0.2) is 4.47 Å². The van der Waals surface area contributed by atoms with E-state index in [1.54, 1.807) is 0 Å². The van der Waals surface area contributed by atoms with Crippen molar-refractivity contribution in [3.05, 3.63) is 14.2 Å². The van der Waals surface area contributed by atoms with Crippen LogP contribution >= 0.6 is 27.3 Å². The van der Waals surface area contributed by atoms with Crippen LogP contribution in [-0.2, 0) is 4.79 Å². The number of ether oxygens (including phenoxy) is 1. The number of methoxy groups -OCH3 is 1. The predicted molar refractivity (Wildman–Crippen MR) is 79.5 cm³/mol. The summed E-state index contributed by atoms with van der Waals surface area (Å²) >= 11 is 4.76. The van der Waals surface area contributed by atoms with Crippen molar-refractivity contribution in [2.75, 3.05) is 7.11 Å². The Bertz CT molecular complexity index is 543. The molecule has 0 unspecified atom stereocenters. The summed E-state index contributed by atoms with van der Waals surface area (Å²) in [6.45, 7) is 1.91. The first-order valence-electron chi connectivity index (χ1n) is 6.30. The van der Waals surface area contributed by atoms with E-state index in [0.29, 0.717) is 29.9 Å². The number of carboxylic acid groups (broad SMARTS) is 1. The Morgan fingerprint density at radius 1 is 1.45 bits per heavy atom. The van der Waals surface area contributed by atoms with Crippen LogP contribution in [0.1, 0.15) is 33.8 Å². The Morgan fingerprint density at radius 2 is 2.15 bits per heavy atom. The first-order chi connectivity index (χ1) is 9.43. The number of halogens is 1. The number of carbonyl (C=O) groups is 2. The molecule has 0 aliphatic heterocycles. The van der Waals surface area contributed by atoms with Crippen molar-refractivity contribution in [2.24, 2.45) is 5.92 Å². The number of rotatable bonds is 4. The fraction of sp³-hybridized carbons (Fsp3) is 0.538. The van der Waals surface area contributed by atoms with E-state index in [0.717, 1.165) is 9.35 Å². The van der Waals surface area contributed by atoms with Crippen LogP contribution in [0.5, 0.6) is 5.75 Å². The number of thiophene rings is 1. The highest BCUT2D eigenvalue weighted by atomic mass is 79.9. The summed E-state index contributed by atoms with van der Waals surface area (Å²) in [5.41, 5.74) is 0. The van der Waals surface area contributed by atoms with Gasteiger partial charge in [-0.15, -0.1) is 11.3 Å². The maximum Gasteiger partial charge on any atom is 0.306 e. The highest BCUT2D eigenvalue weighted by molar-refractivity contribution is 9.10. The van der Waals surface area contributed by atoms with E-state index >= 15 is 0 Å². The molecule has 1 aromatic rings. The molecular formula is C13H16BrNO4S. The summed E-state index contributed by atoms with van der Waals surface area (Å²) < 4.78 is 6.05. The van der Waals surface area contributed by atoms with Gasteiger partial charge in [-0.1, -0.05) is 0 Å². The average molecular weight is 362 g/mol. The van der Waals surface area contributed by atoms with Gasteiger partial charge in [0.2, 0.25) is 0 Å². The minimum absolute atomic E-state index is 0.0745. The van der Waals surface area contributed by atoms with Gasteiger partial charge in [0.05, 0.1) is 17.5 Å². The summed E-state index contributed by atoms with van der Waals surface area (Å²) in [6.07, 6.45) is 1.82. The predicted octanol–water partition coefficient (Wildman–Crippen LogP) is 2.81. The van der Waals surface area contributed by atoms with E-state index in [1.807, 2.05) is 6.92 Å². The second-order valence-electron chi connectivity index (χ2n) is 4.85. The molecule has 1 fully saturated rings. The van der Waals surface area contributed by atoms with Crippen molar-refractivity contribution in [2.45, 2.75) is 32.2 Å². The summed E-state index contributed by atoms with van der Waals surface area (Å²) in [7, 11) is 1.53. The molecule has 20 heavy (non-hydrogen) atoms. The standard InChI is InChI=1S/C13H16BrNO4S/c1-6-9(14)10(19-2)11(20-6)12(16)15-8-4-3-7(5-8)13(17)18/h7-8H,3-5H2,1-2H3,(H,15,16)(H,17,18)/t7-,8+/m0/s1. The number of carboxylic acids is 1. The highest BCUT2D eigenvalue weighted by Gasteiger charge is 2.31. The zero-order valence-corrected chi connectivity index (χ0v) is 13.6. The summed E-state index contributed by atoms with van der Waals surface area (Å²) in [4.78, 5) is 24.7. The fourth-order valence-electron chi connectivity index (χ4n) is 2.42. The molecule has 1 aliphatic carbocycles. The summed E-state index contributed by atoms with van der Waals surface area (Å²) in [6, 6.07) is -0.0745. The molecule has 1 saturated carbocycles. The molecule has 7 heteroatoms. The van der Waals surface area contributed by atoms with E-state index in [9.17, 15) is 9.59 Å². The van der Waals surface area contributed by atoms with Crippen molar-refractivity contribution < 1.29 is 19.4 Å². The van der Waals surface area contributed by atoms with Crippen LogP contribution in [0.4, 0.5) is 0 Å². The first kappa shape index (κ1) is 15.3. The Balaban J connectivity index is 2.06. The number of amides is 1. The van der Waals surface area contributed by atoms with E-state index < -0.39 is 5.97 Å². The van der Waals surface area contributed by atoms with Gasteiger partial charge in [-0.05, 0) is 42.1 Å². The molecule has 0 radical (unpaired) electrons. The molecular weight excluding hydrogens is 346 g/mol. The van der Waals surface area contributed by atoms with Gasteiger partial charge in [-0.25, -0.2) is 0 Å². The van der Waals surface area contributed by atoms with Crippen molar-refractivity contribution in [1.82, 2.24) is 5.32 Å². The van der Waals surface area contributed by atoms with Crippen LogP contribution in [-0.4, -0.2) is 30.1 Å². The molecule has 110 valence electrons. The van der Waals surface area contributed by atoms with Crippen LogP contribution < -0.4 is 10.1 Å². The Morgan fingerprint density at radius 3 is 2.70 bits per heavy atom. The Labute approximate surface area is 129 Å². The zero-order valence-electron chi connectivity index (χ0n) is 11.2. The lowest BCUT2D eigenvalue weighted by Crippen LogP contribution is -2.33. The number of aliphatic carboxylic acids is 1. The number of hydrogen-bond acceptors (Lipinski definition) is 4. The van der Waals surface area contributed by atoms with Crippen LogP contribution in [0.25, 0.3) is 0 Å². The molecule has 0 bridgehead atoms. The zero-order chi connectivity index (χ0) is 14.9. The third kappa shape index (κ3) is 2.98. The lowest BCUT2D eigenvalue weighted by Gasteiger charge is -2.12. The fourth-order valence-corrected chi connectivity index (χ4v) is 4.08. The molecule has 0 aromatic carbocycles. The third-order valence-corrected chi connectivity index (χ3v) is 5.80. The van der Waals surface area contributed by atoms with Gasteiger partial charge in [0.25, 0.3) is 5.91 Å². The number of nitrogens with one attached hydrogen (secondary N) is 1. The van der Waals surface area contributed by atoms with Gasteiger partial charge in [0.15, 0.2) is 5.75 Å². The number of hydrogen-bond donors (Lipinski definition) is 2. The second-order valence-corrected chi connectivity index (χ2v) is 6.87. The topological polar surface area (TPSA) is 75.6 Å². The van der Waals surface area contributed by atoms with Crippen LogP contribution in [0, 0.1) is 12.8 Å². The van der Waals surface area contributed by atoms with E-state index in [-0.39, 0.29) is 17.9 Å². The Kier molecular flexibility index (Phi) is 4.70. The summed E-state index contributed by atoms with van der Waals surface area (Å²) in [5.74, 6) is -0.789. The minimum Gasteiger partial charge on any atom is -0.494 e. The molecule has 0 spiro atoms. The van der Waals surface area contributed by atoms with Crippen molar-refractivity contribution in [1.29, 1.82) is 0 Å². The van der Waals surface area contributed by atoms with Gasteiger partial charge >= 0.3 is 5.97 Å². The van der Waals surface area contributed by atoms with Gasteiger partial charge in [0, 0.05) is 10.9 Å². The highest BCUT2D eigenvalue weighted by Crippen LogP contribution is 2.39. The smallest absolute Gasteiger partial charge is 0.306 e. The van der Waals surface area contributed by atoms with Gasteiger partial charge in [-0.3, -0.25) is 9.59 Å². The largest absolute Gasteiger partial charge is 0.494 e. The van der Waals surface area contributed by atoms with Crippen molar-refractivity contribution >= 4 is 39.1 Å². The maximum absolute atomic E-state index is 12.3. The van der Waals surface area contributed by atoms with Gasteiger partial charge in [0.1, 0.15) is 4.88 Å². The molecule has 1 heterocycles. The third-order valence-electron chi connectivity index (χ3n) is 3.50. The number of carbonyl (C=O) groups excluding carboxylic acids is 1. The normalized spacial score (nSPS) is 21.8. The van der Waals surface area contributed by atoms with Crippen molar-refractivity contribution in [3.8, 4) is 5.75 Å². The van der Waals surface area contributed by atoms with Crippen LogP contribution in [0.2, 0.25) is 0 Å². The SMILES string of the molecule is COc1c(C(=O)N[C@@H]2CC[C@H](C(=O)O)C2)sc(C)c1Br. The molecule has 1 aromatic heterocycles. The molecule has 2 rings (SSSR count). The van der Waals surface area contributed by atoms with Crippen molar-refractivity contribution in [3.63, 3.8) is 0 Å². The maximum atomic E-state index is 12.3. The molecule has 1 aliphatic rings. The monoisotopic (exact) mass is 361 g/mol. The minimum atomic E-state index is -0.783. The molecule has 2 N–H and O–H groups in total. The summed E-state index contributed by atoms with van der Waals surface area (Å²) in [5, 5.41) is 11.9. The Hall–Kier alpha value is -1.08. The van der Waals surface area contributed by atoms with E-state index in [2.05, 4.69) is 21.2 Å². The van der Waals surface area contributed by atoms with Gasteiger partial charge < -0.3 is 15.2 Å². The molecule has 5 nitrogen and oxygen atoms in total. The lowest BCUT2D eigenvalue weighted by atomic mass is 10.1. The van der Waals surface area contributed by atoms with E-state index in [4.69, 9.17) is 9.84 Å². The molecule has 0 saturated heterocycles. The number of aryl methyl sites for hydroxylation is 1.